The first-order valence-corrected chi connectivity index (χ1v) is 13.7. The third kappa shape index (κ3) is 1.74. The smallest absolute Gasteiger partial charge is 0.0321 e. The van der Waals surface area contributed by atoms with Crippen LogP contribution in [0.5, 0.6) is 0 Å². The van der Waals surface area contributed by atoms with Crippen LogP contribution in [-0.2, 0) is 0 Å². The molecule has 3 aliphatic heterocycles. The van der Waals surface area contributed by atoms with Crippen LogP contribution < -0.4 is 0 Å². The summed E-state index contributed by atoms with van der Waals surface area (Å²) in [6.07, 6.45) is 6.04. The molecule has 5 aliphatic rings. The highest BCUT2D eigenvalue weighted by atomic mass is 33.1. The fourth-order valence-corrected chi connectivity index (χ4v) is 16.8. The van der Waals surface area contributed by atoms with E-state index >= 15 is 0 Å². The number of rotatable bonds is 0. The topological polar surface area (TPSA) is 0 Å². The van der Waals surface area contributed by atoms with E-state index in [0.717, 1.165) is 43.3 Å². The molecule has 2 saturated carbocycles. The Kier molecular flexibility index (Phi) is 3.37. The maximum Gasteiger partial charge on any atom is 0.0321 e. The summed E-state index contributed by atoms with van der Waals surface area (Å²) in [5, 5.41) is 5.96. The van der Waals surface area contributed by atoms with Crippen LogP contribution in [0, 0.1) is 11.8 Å². The molecule has 18 heavy (non-hydrogen) atoms. The van der Waals surface area contributed by atoms with Crippen LogP contribution >= 0.6 is 64.8 Å². The van der Waals surface area contributed by atoms with Crippen molar-refractivity contribution in [3.63, 3.8) is 0 Å². The zero-order valence-electron chi connectivity index (χ0n) is 9.90. The van der Waals surface area contributed by atoms with E-state index in [1.54, 1.807) is 6.42 Å². The zero-order chi connectivity index (χ0) is 11.7. The average molecular weight is 353 g/mol. The molecule has 0 spiro atoms. The van der Waals surface area contributed by atoms with Gasteiger partial charge in [-0.25, -0.2) is 0 Å². The van der Waals surface area contributed by atoms with Crippen LogP contribution in [0.2, 0.25) is 0 Å². The first kappa shape index (κ1) is 12.6. The molecule has 0 aromatic rings. The SMILES string of the molecule is C1CC2SSC3C4CCC(C5SSC15)C3C2SS4. The molecule has 8 atom stereocenters. The Balaban J connectivity index is 1.56. The van der Waals surface area contributed by atoms with Crippen LogP contribution in [0.1, 0.15) is 25.7 Å². The van der Waals surface area contributed by atoms with E-state index < -0.39 is 0 Å². The monoisotopic (exact) mass is 352 g/mol. The third-order valence-corrected chi connectivity index (χ3v) is 16.2. The van der Waals surface area contributed by atoms with E-state index in [-0.39, 0.29) is 0 Å². The molecule has 8 unspecified atom stereocenters. The lowest BCUT2D eigenvalue weighted by Crippen LogP contribution is -2.57. The summed E-state index contributed by atoms with van der Waals surface area (Å²) >= 11 is 0. The lowest BCUT2D eigenvalue weighted by molar-refractivity contribution is 0.217. The summed E-state index contributed by atoms with van der Waals surface area (Å²) in [7, 11) is 13.5. The van der Waals surface area contributed by atoms with Crippen LogP contribution in [0.3, 0.4) is 0 Å². The summed E-state index contributed by atoms with van der Waals surface area (Å²) in [6, 6.07) is 0. The van der Waals surface area contributed by atoms with Gasteiger partial charge in [-0.1, -0.05) is 64.8 Å². The third-order valence-electron chi connectivity index (χ3n) is 5.17. The molecule has 0 aromatic heterocycles. The molecular weight excluding hydrogens is 337 g/mol. The van der Waals surface area contributed by atoms with Gasteiger partial charge in [0.05, 0.1) is 0 Å². The van der Waals surface area contributed by atoms with E-state index in [4.69, 9.17) is 0 Å². The molecule has 100 valence electrons. The van der Waals surface area contributed by atoms with Gasteiger partial charge in [-0.2, -0.15) is 0 Å². The summed E-state index contributed by atoms with van der Waals surface area (Å²) in [4.78, 5) is 0. The van der Waals surface area contributed by atoms with Crippen molar-refractivity contribution < 1.29 is 0 Å². The molecule has 0 amide bonds. The normalized spacial score (nSPS) is 61.3. The first-order valence-electron chi connectivity index (χ1n) is 6.88. The van der Waals surface area contributed by atoms with Crippen LogP contribution in [-0.4, -0.2) is 31.5 Å². The van der Waals surface area contributed by atoms with Gasteiger partial charge >= 0.3 is 0 Å². The Morgan fingerprint density at radius 3 is 1.61 bits per heavy atom. The lowest BCUT2D eigenvalue weighted by atomic mass is 9.71. The summed E-state index contributed by atoms with van der Waals surface area (Å²) in [6.45, 7) is 0. The van der Waals surface area contributed by atoms with E-state index in [2.05, 4.69) is 64.8 Å². The fraction of sp³-hybridized carbons (Fsp3) is 1.00. The minimum Gasteiger partial charge on any atom is -0.0892 e. The number of hydrogen-bond donors (Lipinski definition) is 0. The van der Waals surface area contributed by atoms with Gasteiger partial charge in [0.2, 0.25) is 0 Å². The first-order chi connectivity index (χ1) is 8.92. The average Bonchev–Trinajstić information content (AvgIpc) is 2.33. The van der Waals surface area contributed by atoms with Crippen molar-refractivity contribution in [2.45, 2.75) is 57.2 Å². The molecule has 5 fully saturated rings. The van der Waals surface area contributed by atoms with Gasteiger partial charge in [-0.05, 0) is 37.5 Å². The molecule has 0 nitrogen and oxygen atoms in total. The summed E-state index contributed by atoms with van der Waals surface area (Å²) in [5.74, 6) is 2.13. The van der Waals surface area contributed by atoms with Crippen molar-refractivity contribution in [2.24, 2.45) is 11.8 Å². The molecule has 5 bridgehead atoms. The Labute approximate surface area is 133 Å². The van der Waals surface area contributed by atoms with Gasteiger partial charge in [0.15, 0.2) is 0 Å². The Hall–Kier alpha value is 2.10. The standard InChI is InChI=1S/C12H16S6/c1-2-7-11-9-5(1)10-6(13-16-10)3-4-8(15-17-11)12(9)18-14-7/h5-12H,1-4H2. The van der Waals surface area contributed by atoms with Gasteiger partial charge in [0.1, 0.15) is 0 Å². The number of hydrogen-bond acceptors (Lipinski definition) is 6. The molecule has 5 rings (SSSR count). The zero-order valence-corrected chi connectivity index (χ0v) is 14.8. The number of fused-ring (bicyclic) bond motifs is 2. The summed E-state index contributed by atoms with van der Waals surface area (Å²) < 4.78 is 0. The van der Waals surface area contributed by atoms with Crippen LogP contribution in [0.4, 0.5) is 0 Å². The van der Waals surface area contributed by atoms with Crippen LogP contribution in [0.15, 0.2) is 0 Å². The second kappa shape index (κ2) is 4.80. The molecule has 0 aromatic carbocycles. The molecule has 0 N–H and O–H groups in total. The van der Waals surface area contributed by atoms with Crippen molar-refractivity contribution in [1.29, 1.82) is 0 Å². The van der Waals surface area contributed by atoms with E-state index in [1.165, 1.54) is 19.3 Å². The largest absolute Gasteiger partial charge is 0.0892 e. The molecular formula is C12H16S6. The second-order valence-electron chi connectivity index (χ2n) is 5.98. The van der Waals surface area contributed by atoms with E-state index in [9.17, 15) is 0 Å². The van der Waals surface area contributed by atoms with Crippen molar-refractivity contribution in [1.82, 2.24) is 0 Å². The Morgan fingerprint density at radius 1 is 0.500 bits per heavy atom. The van der Waals surface area contributed by atoms with Gasteiger partial charge in [0, 0.05) is 31.5 Å². The Morgan fingerprint density at radius 2 is 1.00 bits per heavy atom. The van der Waals surface area contributed by atoms with Crippen LogP contribution in [0.25, 0.3) is 0 Å². The maximum absolute atomic E-state index is 2.29. The highest BCUT2D eigenvalue weighted by Crippen LogP contribution is 2.69. The highest BCUT2D eigenvalue weighted by molar-refractivity contribution is 8.81. The predicted octanol–water partition coefficient (Wildman–Crippen LogP) is 5.20. The Bertz CT molecular complexity index is 362. The van der Waals surface area contributed by atoms with Crippen molar-refractivity contribution in [2.75, 3.05) is 0 Å². The van der Waals surface area contributed by atoms with Gasteiger partial charge in [-0.3, -0.25) is 0 Å². The molecule has 6 heteroatoms. The molecule has 3 saturated heterocycles. The van der Waals surface area contributed by atoms with Gasteiger partial charge < -0.3 is 0 Å². The van der Waals surface area contributed by atoms with Crippen molar-refractivity contribution in [3.8, 4) is 0 Å². The van der Waals surface area contributed by atoms with Crippen molar-refractivity contribution in [3.05, 3.63) is 0 Å². The summed E-state index contributed by atoms with van der Waals surface area (Å²) in [5.41, 5.74) is 0. The fourth-order valence-electron chi connectivity index (χ4n) is 4.25. The van der Waals surface area contributed by atoms with Crippen molar-refractivity contribution >= 4 is 64.8 Å². The molecule has 0 radical (unpaired) electrons. The van der Waals surface area contributed by atoms with E-state index in [1.807, 2.05) is 0 Å². The maximum atomic E-state index is 2.29. The predicted molar refractivity (Wildman–Crippen MR) is 93.7 cm³/mol. The molecule has 3 heterocycles. The molecule has 2 aliphatic carbocycles. The minimum absolute atomic E-state index is 0.961. The minimum atomic E-state index is 0.961. The quantitative estimate of drug-likeness (QED) is 0.545. The highest BCUT2D eigenvalue weighted by Gasteiger charge is 2.58. The lowest BCUT2D eigenvalue weighted by Gasteiger charge is -2.59. The van der Waals surface area contributed by atoms with Gasteiger partial charge in [0.25, 0.3) is 0 Å². The van der Waals surface area contributed by atoms with E-state index in [0.29, 0.717) is 0 Å². The van der Waals surface area contributed by atoms with Gasteiger partial charge in [-0.15, -0.1) is 0 Å². The second-order valence-corrected chi connectivity index (χ2v) is 14.1.